The summed E-state index contributed by atoms with van der Waals surface area (Å²) < 4.78 is 5.12. The summed E-state index contributed by atoms with van der Waals surface area (Å²) in [6, 6.07) is 8.63. The predicted octanol–water partition coefficient (Wildman–Crippen LogP) is 4.23. The van der Waals surface area contributed by atoms with Crippen LogP contribution in [0.3, 0.4) is 0 Å². The molecule has 0 spiro atoms. The van der Waals surface area contributed by atoms with Crippen LogP contribution in [0.25, 0.3) is 5.57 Å². The summed E-state index contributed by atoms with van der Waals surface area (Å²) in [7, 11) is 1.71. The molecule has 0 N–H and O–H groups in total. The molecule has 0 aliphatic carbocycles. The van der Waals surface area contributed by atoms with Gasteiger partial charge in [0, 0.05) is 30.0 Å². The van der Waals surface area contributed by atoms with Crippen LogP contribution in [-0.2, 0) is 4.18 Å². The highest BCUT2D eigenvalue weighted by molar-refractivity contribution is 7.94. The lowest BCUT2D eigenvalue weighted by atomic mass is 9.99. The first-order valence-corrected chi connectivity index (χ1v) is 7.80. The van der Waals surface area contributed by atoms with Gasteiger partial charge >= 0.3 is 0 Å². The van der Waals surface area contributed by atoms with Crippen LogP contribution in [0, 0.1) is 0 Å². The minimum atomic E-state index is 1.09. The van der Waals surface area contributed by atoms with Gasteiger partial charge in [-0.1, -0.05) is 31.6 Å². The number of nitrogens with zero attached hydrogens (tertiary/aromatic N) is 1. The second kappa shape index (κ2) is 7.73. The monoisotopic (exact) mass is 277 g/mol. The average Bonchev–Trinajstić information content (AvgIpc) is 2.46. The Morgan fingerprint density at radius 1 is 1.37 bits per heavy atom. The van der Waals surface area contributed by atoms with Gasteiger partial charge in [0.05, 0.1) is 7.11 Å². The maximum Gasteiger partial charge on any atom is 0.0508 e. The molecule has 104 valence electrons. The van der Waals surface area contributed by atoms with Crippen molar-refractivity contribution in [3.05, 3.63) is 35.9 Å². The van der Waals surface area contributed by atoms with Crippen LogP contribution >= 0.6 is 12.0 Å². The van der Waals surface area contributed by atoms with Crippen LogP contribution < -0.4 is 0 Å². The van der Waals surface area contributed by atoms with Crippen molar-refractivity contribution in [1.82, 2.24) is 4.90 Å². The van der Waals surface area contributed by atoms with Gasteiger partial charge in [0.25, 0.3) is 0 Å². The van der Waals surface area contributed by atoms with Gasteiger partial charge in [0.2, 0.25) is 0 Å². The SMILES string of the molecule is CCCCN1CC=C(c2cccc(SOC)c2)CC1. The van der Waals surface area contributed by atoms with E-state index in [2.05, 4.69) is 42.2 Å². The Morgan fingerprint density at radius 2 is 2.26 bits per heavy atom. The molecule has 0 amide bonds. The molecule has 0 aromatic heterocycles. The molecule has 0 atom stereocenters. The molecule has 2 rings (SSSR count). The lowest BCUT2D eigenvalue weighted by Gasteiger charge is -2.26. The van der Waals surface area contributed by atoms with Gasteiger partial charge in [-0.15, -0.1) is 0 Å². The van der Waals surface area contributed by atoms with E-state index in [1.807, 2.05) is 0 Å². The fourth-order valence-electron chi connectivity index (χ4n) is 2.40. The largest absolute Gasteiger partial charge is 0.314 e. The van der Waals surface area contributed by atoms with Crippen LogP contribution in [0.1, 0.15) is 31.7 Å². The summed E-state index contributed by atoms with van der Waals surface area (Å²) in [5, 5.41) is 0. The first-order valence-electron chi connectivity index (χ1n) is 7.06. The van der Waals surface area contributed by atoms with Gasteiger partial charge in [0.1, 0.15) is 0 Å². The van der Waals surface area contributed by atoms with Crippen LogP contribution in [0.15, 0.2) is 35.2 Å². The lowest BCUT2D eigenvalue weighted by molar-refractivity contribution is 0.297. The summed E-state index contributed by atoms with van der Waals surface area (Å²) >= 11 is 1.43. The Morgan fingerprint density at radius 3 is 2.95 bits per heavy atom. The molecule has 19 heavy (non-hydrogen) atoms. The van der Waals surface area contributed by atoms with Gasteiger partial charge in [-0.2, -0.15) is 0 Å². The van der Waals surface area contributed by atoms with E-state index in [4.69, 9.17) is 4.18 Å². The highest BCUT2D eigenvalue weighted by atomic mass is 32.2. The van der Waals surface area contributed by atoms with Crippen molar-refractivity contribution in [2.45, 2.75) is 31.1 Å². The summed E-state index contributed by atoms with van der Waals surface area (Å²) in [5.74, 6) is 0. The Hall–Kier alpha value is -0.770. The zero-order chi connectivity index (χ0) is 13.5. The third kappa shape index (κ3) is 4.37. The average molecular weight is 277 g/mol. The molecule has 0 saturated heterocycles. The Balaban J connectivity index is 1.99. The van der Waals surface area contributed by atoms with Crippen LogP contribution in [-0.4, -0.2) is 31.6 Å². The number of rotatable bonds is 6. The normalized spacial score (nSPS) is 16.4. The molecule has 0 saturated carbocycles. The maximum absolute atomic E-state index is 5.12. The molecule has 0 bridgehead atoms. The number of benzene rings is 1. The molecule has 3 heteroatoms. The van der Waals surface area contributed by atoms with Crippen molar-refractivity contribution in [3.63, 3.8) is 0 Å². The molecular formula is C16H23NOS. The third-order valence-corrected chi connectivity index (χ3v) is 4.12. The van der Waals surface area contributed by atoms with Gasteiger partial charge in [-0.3, -0.25) is 4.90 Å². The van der Waals surface area contributed by atoms with Crippen molar-refractivity contribution >= 4 is 17.6 Å². The zero-order valence-electron chi connectivity index (χ0n) is 11.9. The van der Waals surface area contributed by atoms with E-state index >= 15 is 0 Å². The number of hydrogen-bond donors (Lipinski definition) is 0. The Labute approximate surface area is 121 Å². The number of unbranched alkanes of at least 4 members (excludes halogenated alkanes) is 1. The quantitative estimate of drug-likeness (QED) is 0.722. The van der Waals surface area contributed by atoms with E-state index in [1.54, 1.807) is 7.11 Å². The fraction of sp³-hybridized carbons (Fsp3) is 0.500. The van der Waals surface area contributed by atoms with Crippen molar-refractivity contribution < 1.29 is 4.18 Å². The van der Waals surface area contributed by atoms with Crippen LogP contribution in [0.4, 0.5) is 0 Å². The molecular weight excluding hydrogens is 254 g/mol. The minimum absolute atomic E-state index is 1.09. The van der Waals surface area contributed by atoms with Crippen molar-refractivity contribution in [2.75, 3.05) is 26.7 Å². The summed E-state index contributed by atoms with van der Waals surface area (Å²) in [4.78, 5) is 3.72. The molecule has 2 nitrogen and oxygen atoms in total. The van der Waals surface area contributed by atoms with E-state index in [1.165, 1.54) is 54.0 Å². The highest BCUT2D eigenvalue weighted by Gasteiger charge is 2.12. The van der Waals surface area contributed by atoms with Gasteiger partial charge in [0.15, 0.2) is 0 Å². The van der Waals surface area contributed by atoms with Crippen molar-refractivity contribution in [3.8, 4) is 0 Å². The van der Waals surface area contributed by atoms with E-state index in [0.29, 0.717) is 0 Å². The minimum Gasteiger partial charge on any atom is -0.314 e. The third-order valence-electron chi connectivity index (χ3n) is 3.51. The molecule has 0 unspecified atom stereocenters. The highest BCUT2D eigenvalue weighted by Crippen LogP contribution is 2.26. The lowest BCUT2D eigenvalue weighted by Crippen LogP contribution is -2.29. The first-order chi connectivity index (χ1) is 9.33. The molecule has 0 radical (unpaired) electrons. The smallest absolute Gasteiger partial charge is 0.0508 e. The molecule has 1 aromatic carbocycles. The number of hydrogen-bond acceptors (Lipinski definition) is 3. The van der Waals surface area contributed by atoms with Gasteiger partial charge in [-0.05, 0) is 42.7 Å². The van der Waals surface area contributed by atoms with E-state index in [9.17, 15) is 0 Å². The van der Waals surface area contributed by atoms with E-state index in [0.717, 1.165) is 13.0 Å². The Kier molecular flexibility index (Phi) is 5.95. The predicted molar refractivity (Wildman–Crippen MR) is 83.3 cm³/mol. The summed E-state index contributed by atoms with van der Waals surface area (Å²) in [5.41, 5.74) is 2.82. The first kappa shape index (κ1) is 14.6. The molecule has 1 aliphatic rings. The standard InChI is InChI=1S/C16H23NOS/c1-3-4-10-17-11-8-14(9-12-17)15-6-5-7-16(13-15)19-18-2/h5-8,13H,3-4,9-12H2,1-2H3. The van der Waals surface area contributed by atoms with Crippen molar-refractivity contribution in [1.29, 1.82) is 0 Å². The molecule has 1 heterocycles. The fourth-order valence-corrected chi connectivity index (χ4v) is 2.90. The van der Waals surface area contributed by atoms with Crippen LogP contribution in [0.5, 0.6) is 0 Å². The summed E-state index contributed by atoms with van der Waals surface area (Å²) in [6.07, 6.45) is 6.13. The van der Waals surface area contributed by atoms with Gasteiger partial charge in [-0.25, -0.2) is 0 Å². The second-order valence-corrected chi connectivity index (χ2v) is 5.88. The van der Waals surface area contributed by atoms with E-state index < -0.39 is 0 Å². The molecule has 1 aromatic rings. The van der Waals surface area contributed by atoms with Crippen LogP contribution in [0.2, 0.25) is 0 Å². The van der Waals surface area contributed by atoms with Gasteiger partial charge < -0.3 is 4.18 Å². The molecule has 0 fully saturated rings. The Bertz CT molecular complexity index is 431. The van der Waals surface area contributed by atoms with E-state index in [-0.39, 0.29) is 0 Å². The maximum atomic E-state index is 5.12. The second-order valence-electron chi connectivity index (χ2n) is 4.91. The summed E-state index contributed by atoms with van der Waals surface area (Å²) in [6.45, 7) is 5.77. The van der Waals surface area contributed by atoms with Crippen molar-refractivity contribution in [2.24, 2.45) is 0 Å². The topological polar surface area (TPSA) is 12.5 Å². The zero-order valence-corrected chi connectivity index (χ0v) is 12.7. The molecule has 1 aliphatic heterocycles.